The summed E-state index contributed by atoms with van der Waals surface area (Å²) in [6.07, 6.45) is 0. The van der Waals surface area contributed by atoms with Crippen LogP contribution in [0, 0.1) is 0 Å². The number of hydrogen-bond donors (Lipinski definition) is 0. The summed E-state index contributed by atoms with van der Waals surface area (Å²) in [6, 6.07) is 49.0. The van der Waals surface area contributed by atoms with Gasteiger partial charge in [0.2, 0.25) is 0 Å². The first-order chi connectivity index (χ1) is 24.8. The van der Waals surface area contributed by atoms with Gasteiger partial charge in [-0.05, 0) is 62.7 Å². The molecule has 0 bridgehead atoms. The smallest absolute Gasteiger partial charge is 0.0979 e. The third-order valence-corrected chi connectivity index (χ3v) is 12.9. The van der Waals surface area contributed by atoms with E-state index in [0.29, 0.717) is 0 Å². The molecule has 0 aliphatic heterocycles. The minimum absolute atomic E-state index is 0.203. The first kappa shape index (κ1) is 29.1. The van der Waals surface area contributed by atoms with Gasteiger partial charge in [0.25, 0.3) is 0 Å². The summed E-state index contributed by atoms with van der Waals surface area (Å²) in [5.41, 5.74) is 16.3. The van der Waals surface area contributed by atoms with Crippen molar-refractivity contribution in [3.05, 3.63) is 156 Å². The highest BCUT2D eigenvalue weighted by Gasteiger charge is 2.42. The van der Waals surface area contributed by atoms with Gasteiger partial charge in [0, 0.05) is 52.9 Å². The molecule has 0 radical (unpaired) electrons. The standard InChI is InChI=1S/C48H34N2S/c1-47(2)35-19-11-8-17-30(35)39-32-23-24-33-40-31-18-9-12-20-36(31)48(3,4)42(40)44(28-22-25-38-34(26-28)29-16-10-13-21-37(29)51-38)50-46(33)45(32)49-43(41(39)47)27-14-6-5-7-15-27/h5-26H,1-4H3. The van der Waals surface area contributed by atoms with Gasteiger partial charge in [0.1, 0.15) is 0 Å². The van der Waals surface area contributed by atoms with E-state index in [1.807, 2.05) is 11.3 Å². The van der Waals surface area contributed by atoms with Crippen LogP contribution < -0.4 is 0 Å². The quantitative estimate of drug-likeness (QED) is 0.171. The van der Waals surface area contributed by atoms with Crippen LogP contribution in [0.1, 0.15) is 49.9 Å². The largest absolute Gasteiger partial charge is 0.245 e. The number of pyridine rings is 2. The minimum Gasteiger partial charge on any atom is -0.245 e. The molecule has 0 saturated heterocycles. The molecule has 0 N–H and O–H groups in total. The molecule has 2 nitrogen and oxygen atoms in total. The lowest BCUT2D eigenvalue weighted by Crippen LogP contribution is -2.17. The molecule has 0 saturated carbocycles. The van der Waals surface area contributed by atoms with Crippen LogP contribution in [0.15, 0.2) is 133 Å². The monoisotopic (exact) mass is 670 g/mol. The molecule has 9 aromatic rings. The summed E-state index contributed by atoms with van der Waals surface area (Å²) in [7, 11) is 0. The van der Waals surface area contributed by atoms with E-state index in [4.69, 9.17) is 9.97 Å². The lowest BCUT2D eigenvalue weighted by atomic mass is 9.79. The molecule has 3 heterocycles. The number of fused-ring (bicyclic) bond motifs is 14. The Morgan fingerprint density at radius 3 is 1.57 bits per heavy atom. The SMILES string of the molecule is CC1(C)c2ccccc2-c2c1c(-c1ccccc1)nc1c2ccc2c3c(c(-c4ccc5sc6ccccc6c5c4)nc21)C(C)(C)c1ccccc1-3. The molecule has 6 aromatic carbocycles. The van der Waals surface area contributed by atoms with Crippen molar-refractivity contribution < 1.29 is 0 Å². The highest BCUT2D eigenvalue weighted by Crippen LogP contribution is 2.57. The van der Waals surface area contributed by atoms with Gasteiger partial charge < -0.3 is 0 Å². The predicted octanol–water partition coefficient (Wildman–Crippen LogP) is 13.1. The van der Waals surface area contributed by atoms with Gasteiger partial charge in [-0.3, -0.25) is 0 Å². The molecule has 11 rings (SSSR count). The van der Waals surface area contributed by atoms with E-state index in [1.54, 1.807) is 0 Å². The van der Waals surface area contributed by atoms with Gasteiger partial charge in [-0.15, -0.1) is 11.3 Å². The average molecular weight is 671 g/mol. The van der Waals surface area contributed by atoms with Crippen molar-refractivity contribution in [1.82, 2.24) is 9.97 Å². The van der Waals surface area contributed by atoms with Crippen molar-refractivity contribution >= 4 is 53.3 Å². The summed E-state index contributed by atoms with van der Waals surface area (Å²) >= 11 is 1.86. The van der Waals surface area contributed by atoms with Gasteiger partial charge in [-0.1, -0.05) is 143 Å². The Kier molecular flexibility index (Phi) is 5.71. The van der Waals surface area contributed by atoms with Crippen molar-refractivity contribution in [2.45, 2.75) is 38.5 Å². The number of rotatable bonds is 2. The van der Waals surface area contributed by atoms with Crippen LogP contribution in [0.3, 0.4) is 0 Å². The normalized spacial score (nSPS) is 15.0. The third-order valence-electron chi connectivity index (χ3n) is 11.8. The number of thiophene rings is 1. The van der Waals surface area contributed by atoms with Crippen LogP contribution >= 0.6 is 11.3 Å². The Morgan fingerprint density at radius 1 is 0.431 bits per heavy atom. The Bertz CT molecular complexity index is 2960. The second kappa shape index (κ2) is 9.99. The molecule has 2 aliphatic carbocycles. The van der Waals surface area contributed by atoms with Gasteiger partial charge >= 0.3 is 0 Å². The maximum Gasteiger partial charge on any atom is 0.0979 e. The first-order valence-corrected chi connectivity index (χ1v) is 18.7. The molecule has 0 atom stereocenters. The number of nitrogens with zero attached hydrogens (tertiary/aromatic N) is 2. The molecule has 0 spiro atoms. The van der Waals surface area contributed by atoms with Crippen molar-refractivity contribution in [2.75, 3.05) is 0 Å². The molecule has 2 aliphatic rings. The van der Waals surface area contributed by atoms with E-state index < -0.39 is 0 Å². The second-order valence-corrected chi connectivity index (χ2v) is 16.4. The Hall–Kier alpha value is -5.64. The van der Waals surface area contributed by atoms with Crippen LogP contribution in [0.25, 0.3) is 86.7 Å². The summed E-state index contributed by atoms with van der Waals surface area (Å²) in [6.45, 7) is 9.44. The molecule has 3 heteroatoms. The molecule has 0 fully saturated rings. The fraction of sp³-hybridized carbons (Fsp3) is 0.125. The maximum atomic E-state index is 5.79. The maximum absolute atomic E-state index is 5.79. The number of benzene rings is 6. The topological polar surface area (TPSA) is 25.8 Å². The van der Waals surface area contributed by atoms with Crippen LogP contribution in [-0.4, -0.2) is 9.97 Å². The van der Waals surface area contributed by atoms with E-state index in [2.05, 4.69) is 161 Å². The molecule has 51 heavy (non-hydrogen) atoms. The van der Waals surface area contributed by atoms with Gasteiger partial charge in [0.05, 0.1) is 22.4 Å². The Balaban J connectivity index is 1.32. The van der Waals surface area contributed by atoms with Crippen molar-refractivity contribution in [2.24, 2.45) is 0 Å². The lowest BCUT2D eigenvalue weighted by molar-refractivity contribution is 0.660. The van der Waals surface area contributed by atoms with Gasteiger partial charge in [-0.25, -0.2) is 9.97 Å². The third kappa shape index (κ3) is 3.77. The highest BCUT2D eigenvalue weighted by atomic mass is 32.1. The van der Waals surface area contributed by atoms with Crippen molar-refractivity contribution in [3.63, 3.8) is 0 Å². The zero-order valence-corrected chi connectivity index (χ0v) is 29.8. The van der Waals surface area contributed by atoms with Gasteiger partial charge in [-0.2, -0.15) is 0 Å². The Morgan fingerprint density at radius 2 is 0.941 bits per heavy atom. The fourth-order valence-electron chi connectivity index (χ4n) is 9.48. The van der Waals surface area contributed by atoms with Crippen molar-refractivity contribution in [1.29, 1.82) is 0 Å². The molecular weight excluding hydrogens is 637 g/mol. The number of hydrogen-bond acceptors (Lipinski definition) is 3. The predicted molar refractivity (Wildman–Crippen MR) is 216 cm³/mol. The van der Waals surface area contributed by atoms with Crippen LogP contribution in [-0.2, 0) is 10.8 Å². The van der Waals surface area contributed by atoms with Crippen molar-refractivity contribution in [3.8, 4) is 44.8 Å². The molecule has 0 unspecified atom stereocenters. The molecular formula is C48H34N2S. The van der Waals surface area contributed by atoms with Crippen LogP contribution in [0.2, 0.25) is 0 Å². The highest BCUT2D eigenvalue weighted by molar-refractivity contribution is 7.25. The molecule has 242 valence electrons. The van der Waals surface area contributed by atoms with Gasteiger partial charge in [0.15, 0.2) is 0 Å². The van der Waals surface area contributed by atoms with E-state index in [1.165, 1.54) is 75.5 Å². The van der Waals surface area contributed by atoms with E-state index >= 15 is 0 Å². The zero-order chi connectivity index (χ0) is 34.2. The lowest BCUT2D eigenvalue weighted by Gasteiger charge is -2.26. The molecule has 0 amide bonds. The van der Waals surface area contributed by atoms with Crippen LogP contribution in [0.5, 0.6) is 0 Å². The average Bonchev–Trinajstić information content (AvgIpc) is 3.74. The summed E-state index contributed by atoms with van der Waals surface area (Å²) < 4.78 is 2.62. The zero-order valence-electron chi connectivity index (χ0n) is 29.0. The van der Waals surface area contributed by atoms with E-state index in [0.717, 1.165) is 33.5 Å². The summed E-state index contributed by atoms with van der Waals surface area (Å²) in [4.78, 5) is 11.5. The summed E-state index contributed by atoms with van der Waals surface area (Å²) in [5, 5.41) is 4.92. The summed E-state index contributed by atoms with van der Waals surface area (Å²) in [5.74, 6) is 0. The molecule has 3 aromatic heterocycles. The second-order valence-electron chi connectivity index (χ2n) is 15.3. The fourth-order valence-corrected chi connectivity index (χ4v) is 10.6. The number of aromatic nitrogens is 2. The van der Waals surface area contributed by atoms with E-state index in [9.17, 15) is 0 Å². The minimum atomic E-state index is -0.230. The first-order valence-electron chi connectivity index (χ1n) is 17.8. The Labute approximate surface area is 301 Å². The van der Waals surface area contributed by atoms with E-state index in [-0.39, 0.29) is 10.8 Å². The van der Waals surface area contributed by atoms with Crippen LogP contribution in [0.4, 0.5) is 0 Å².